The molecule has 2 atom stereocenters. The molecule has 6 nitrogen and oxygen atoms in total. The van der Waals surface area contributed by atoms with Crippen molar-refractivity contribution in [1.82, 2.24) is 10.6 Å². The maximum Gasteiger partial charge on any atom is 0.391 e. The molecule has 22 heavy (non-hydrogen) atoms. The molecule has 0 heterocycles. The third-order valence-electron chi connectivity index (χ3n) is 3.61. The molecule has 1 rings (SSSR count). The average molecular weight is 345 g/mol. The zero-order valence-corrected chi connectivity index (χ0v) is 13.0. The van der Waals surface area contributed by atoms with E-state index in [1.807, 2.05) is 0 Å². The minimum Gasteiger partial charge on any atom is -0.338 e. The average Bonchev–Trinajstić information content (AvgIpc) is 2.36. The summed E-state index contributed by atoms with van der Waals surface area (Å²) in [7, 11) is -3.50. The summed E-state index contributed by atoms with van der Waals surface area (Å²) >= 11 is 0. The molecule has 0 aromatic rings. The van der Waals surface area contributed by atoms with E-state index in [-0.39, 0.29) is 25.1 Å². The Bertz CT molecular complexity index is 468. The molecule has 0 spiro atoms. The molecular formula is C12H22F3N3O3S. The van der Waals surface area contributed by atoms with Gasteiger partial charge in [0.2, 0.25) is 10.0 Å². The summed E-state index contributed by atoms with van der Waals surface area (Å²) in [6.07, 6.45) is -2.49. The van der Waals surface area contributed by atoms with E-state index in [2.05, 4.69) is 10.6 Å². The smallest absolute Gasteiger partial charge is 0.338 e. The van der Waals surface area contributed by atoms with Gasteiger partial charge in [0.15, 0.2) is 0 Å². The Hall–Kier alpha value is -1.03. The molecule has 1 fully saturated rings. The number of unbranched alkanes of at least 4 members (excludes halogenated alkanes) is 1. The van der Waals surface area contributed by atoms with Crippen molar-refractivity contribution in [2.45, 2.75) is 50.7 Å². The molecule has 130 valence electrons. The zero-order valence-electron chi connectivity index (χ0n) is 12.2. The van der Waals surface area contributed by atoms with Crippen LogP contribution in [0.15, 0.2) is 0 Å². The van der Waals surface area contributed by atoms with Gasteiger partial charge in [-0.3, -0.25) is 0 Å². The van der Waals surface area contributed by atoms with Crippen LogP contribution < -0.4 is 15.8 Å². The second-order valence-electron chi connectivity index (χ2n) is 5.58. The first kappa shape index (κ1) is 19.0. The van der Waals surface area contributed by atoms with Gasteiger partial charge in [-0.1, -0.05) is 6.42 Å². The van der Waals surface area contributed by atoms with E-state index in [0.717, 1.165) is 0 Å². The standard InChI is InChI=1S/C12H22F3N3O3S/c13-12(14,15)9-4-3-5-10(8-9)18-11(19)17-6-1-2-7-22(16,20)21/h9-10H,1-8H2,(H2,16,20,21)(H2,17,18,19)/t9-,10-/m0/s1. The van der Waals surface area contributed by atoms with Crippen molar-refractivity contribution in [2.24, 2.45) is 11.1 Å². The van der Waals surface area contributed by atoms with Gasteiger partial charge in [-0.25, -0.2) is 18.4 Å². The summed E-state index contributed by atoms with van der Waals surface area (Å²) in [5, 5.41) is 9.87. The molecule has 0 aromatic carbocycles. The molecule has 2 amide bonds. The van der Waals surface area contributed by atoms with E-state index >= 15 is 0 Å². The van der Waals surface area contributed by atoms with E-state index in [1.165, 1.54) is 0 Å². The second kappa shape index (κ2) is 8.00. The lowest BCUT2D eigenvalue weighted by atomic mass is 9.85. The zero-order chi connectivity index (χ0) is 16.8. The van der Waals surface area contributed by atoms with E-state index in [4.69, 9.17) is 5.14 Å². The fourth-order valence-electron chi connectivity index (χ4n) is 2.48. The Morgan fingerprint density at radius 1 is 1.23 bits per heavy atom. The lowest BCUT2D eigenvalue weighted by molar-refractivity contribution is -0.183. The van der Waals surface area contributed by atoms with Crippen LogP contribution in [0, 0.1) is 5.92 Å². The van der Waals surface area contributed by atoms with Crippen LogP contribution >= 0.6 is 0 Å². The number of rotatable bonds is 6. The SMILES string of the molecule is NS(=O)(=O)CCCCNC(=O)N[C@H]1CCC[C@H](C(F)(F)F)C1. The molecule has 0 unspecified atom stereocenters. The number of nitrogens with two attached hydrogens (primary N) is 1. The number of carbonyl (C=O) groups excluding carboxylic acids is 1. The normalized spacial score (nSPS) is 23.1. The first-order chi connectivity index (χ1) is 10.1. The second-order valence-corrected chi connectivity index (χ2v) is 7.31. The third kappa shape index (κ3) is 7.83. The van der Waals surface area contributed by atoms with Crippen molar-refractivity contribution in [2.75, 3.05) is 12.3 Å². The molecule has 0 aromatic heterocycles. The van der Waals surface area contributed by atoms with Gasteiger partial charge in [0.05, 0.1) is 11.7 Å². The Labute approximate surface area is 128 Å². The van der Waals surface area contributed by atoms with Crippen molar-refractivity contribution in [1.29, 1.82) is 0 Å². The molecule has 1 aliphatic carbocycles. The number of hydrogen-bond donors (Lipinski definition) is 3. The van der Waals surface area contributed by atoms with Crippen molar-refractivity contribution in [3.8, 4) is 0 Å². The summed E-state index contributed by atoms with van der Waals surface area (Å²) < 4.78 is 59.3. The number of sulfonamides is 1. The summed E-state index contributed by atoms with van der Waals surface area (Å²) in [4.78, 5) is 11.6. The Balaban J connectivity index is 2.22. The van der Waals surface area contributed by atoms with Gasteiger partial charge < -0.3 is 10.6 Å². The summed E-state index contributed by atoms with van der Waals surface area (Å²) in [5.74, 6) is -1.52. The van der Waals surface area contributed by atoms with E-state index in [1.54, 1.807) is 0 Å². The maximum atomic E-state index is 12.6. The van der Waals surface area contributed by atoms with Gasteiger partial charge in [-0.2, -0.15) is 13.2 Å². The van der Waals surface area contributed by atoms with Crippen LogP contribution in [-0.4, -0.2) is 39.0 Å². The quantitative estimate of drug-likeness (QED) is 0.636. The first-order valence-electron chi connectivity index (χ1n) is 7.19. The van der Waals surface area contributed by atoms with E-state index in [9.17, 15) is 26.4 Å². The summed E-state index contributed by atoms with van der Waals surface area (Å²) in [6, 6.07) is -1.01. The van der Waals surface area contributed by atoms with Crippen LogP contribution in [0.4, 0.5) is 18.0 Å². The number of urea groups is 1. The minimum absolute atomic E-state index is 0.0949. The van der Waals surface area contributed by atoms with Gasteiger partial charge in [-0.15, -0.1) is 0 Å². The number of amides is 2. The highest BCUT2D eigenvalue weighted by Gasteiger charge is 2.42. The highest BCUT2D eigenvalue weighted by molar-refractivity contribution is 7.89. The van der Waals surface area contributed by atoms with Gasteiger partial charge >= 0.3 is 12.2 Å². The van der Waals surface area contributed by atoms with Crippen molar-refractivity contribution >= 4 is 16.1 Å². The summed E-state index contributed by atoms with van der Waals surface area (Å²) in [6.45, 7) is 0.247. The topological polar surface area (TPSA) is 101 Å². The Morgan fingerprint density at radius 2 is 1.91 bits per heavy atom. The molecule has 0 bridgehead atoms. The third-order valence-corrected chi connectivity index (χ3v) is 4.47. The molecule has 4 N–H and O–H groups in total. The predicted octanol–water partition coefficient (Wildman–Crippen LogP) is 1.48. The fourth-order valence-corrected chi connectivity index (χ4v) is 3.09. The molecular weight excluding hydrogens is 323 g/mol. The largest absolute Gasteiger partial charge is 0.391 e. The Morgan fingerprint density at radius 3 is 2.50 bits per heavy atom. The number of alkyl halides is 3. The predicted molar refractivity (Wildman–Crippen MR) is 75.5 cm³/mol. The minimum atomic E-state index is -4.22. The number of primary sulfonamides is 1. The lowest BCUT2D eigenvalue weighted by Gasteiger charge is -2.31. The van der Waals surface area contributed by atoms with Crippen LogP contribution in [0.3, 0.4) is 0 Å². The molecule has 0 aliphatic heterocycles. The van der Waals surface area contributed by atoms with E-state index in [0.29, 0.717) is 25.7 Å². The number of nitrogens with one attached hydrogen (secondary N) is 2. The highest BCUT2D eigenvalue weighted by Crippen LogP contribution is 2.37. The Kier molecular flexibility index (Phi) is 6.92. The van der Waals surface area contributed by atoms with Crippen molar-refractivity contribution < 1.29 is 26.4 Å². The number of hydrogen-bond acceptors (Lipinski definition) is 3. The van der Waals surface area contributed by atoms with Gasteiger partial charge in [-0.05, 0) is 32.1 Å². The fraction of sp³-hybridized carbons (Fsp3) is 0.917. The van der Waals surface area contributed by atoms with Crippen LogP contribution in [0.5, 0.6) is 0 Å². The maximum absolute atomic E-state index is 12.6. The van der Waals surface area contributed by atoms with Gasteiger partial charge in [0.1, 0.15) is 0 Å². The van der Waals surface area contributed by atoms with Crippen molar-refractivity contribution in [3.05, 3.63) is 0 Å². The highest BCUT2D eigenvalue weighted by atomic mass is 32.2. The van der Waals surface area contributed by atoms with Crippen LogP contribution in [0.1, 0.15) is 38.5 Å². The first-order valence-corrected chi connectivity index (χ1v) is 8.91. The van der Waals surface area contributed by atoms with Crippen LogP contribution in [0.2, 0.25) is 0 Å². The van der Waals surface area contributed by atoms with Crippen LogP contribution in [0.25, 0.3) is 0 Å². The van der Waals surface area contributed by atoms with Gasteiger partial charge in [0, 0.05) is 12.6 Å². The molecule has 1 saturated carbocycles. The van der Waals surface area contributed by atoms with Crippen molar-refractivity contribution in [3.63, 3.8) is 0 Å². The molecule has 10 heteroatoms. The summed E-state index contributed by atoms with van der Waals surface area (Å²) in [5.41, 5.74) is 0. The monoisotopic (exact) mass is 345 g/mol. The van der Waals surface area contributed by atoms with E-state index < -0.39 is 34.2 Å². The number of carbonyl (C=O) groups is 1. The molecule has 1 aliphatic rings. The molecule has 0 radical (unpaired) electrons. The lowest BCUT2D eigenvalue weighted by Crippen LogP contribution is -2.46. The molecule has 0 saturated heterocycles. The van der Waals surface area contributed by atoms with Gasteiger partial charge in [0.25, 0.3) is 0 Å². The van der Waals surface area contributed by atoms with Crippen LogP contribution in [-0.2, 0) is 10.0 Å². The number of halogens is 3.